The number of ether oxygens (including phenoxy) is 1. The molecule has 30 heavy (non-hydrogen) atoms. The van der Waals surface area contributed by atoms with Crippen LogP contribution >= 0.6 is 0 Å². The molecule has 6 heteroatoms. The van der Waals surface area contributed by atoms with Gasteiger partial charge in [-0.3, -0.25) is 0 Å². The third kappa shape index (κ3) is 4.40. The van der Waals surface area contributed by atoms with E-state index in [0.29, 0.717) is 30.2 Å². The van der Waals surface area contributed by atoms with Crippen LogP contribution in [0, 0.1) is 5.92 Å². The van der Waals surface area contributed by atoms with Crippen LogP contribution in [0.5, 0.6) is 0 Å². The Hall–Kier alpha value is -2.31. The summed E-state index contributed by atoms with van der Waals surface area (Å²) in [6.45, 7) is 8.82. The van der Waals surface area contributed by atoms with Crippen molar-refractivity contribution in [2.45, 2.75) is 38.7 Å². The van der Waals surface area contributed by atoms with Gasteiger partial charge in [-0.25, -0.2) is 13.8 Å². The van der Waals surface area contributed by atoms with Gasteiger partial charge >= 0.3 is 0 Å². The number of aromatic amines is 1. The van der Waals surface area contributed by atoms with Gasteiger partial charge in [-0.05, 0) is 47.6 Å². The molecule has 2 heterocycles. The van der Waals surface area contributed by atoms with E-state index in [2.05, 4.69) is 46.9 Å². The summed E-state index contributed by atoms with van der Waals surface area (Å²) in [5.41, 5.74) is 3.65. The van der Waals surface area contributed by atoms with Crippen molar-refractivity contribution >= 4 is 11.0 Å². The number of hydrogen-bond donors (Lipinski definition) is 1. The Morgan fingerprint density at radius 1 is 1.23 bits per heavy atom. The van der Waals surface area contributed by atoms with Crippen LogP contribution in [-0.2, 0) is 16.8 Å². The normalized spacial score (nSPS) is 22.8. The van der Waals surface area contributed by atoms with Crippen LogP contribution in [0.1, 0.15) is 43.6 Å². The molecule has 160 valence electrons. The molecule has 2 aromatic carbocycles. The highest BCUT2D eigenvalue weighted by Gasteiger charge is 2.38. The van der Waals surface area contributed by atoms with Gasteiger partial charge in [0.15, 0.2) is 5.82 Å². The number of piperidine rings is 1. The largest absolute Gasteiger partial charge is 0.375 e. The molecule has 1 aliphatic heterocycles. The molecule has 1 fully saturated rings. The number of imidazole rings is 1. The van der Waals surface area contributed by atoms with Gasteiger partial charge in [-0.2, -0.15) is 0 Å². The molecule has 4 nitrogen and oxygen atoms in total. The highest BCUT2D eigenvalue weighted by molar-refractivity contribution is 5.76. The zero-order chi connectivity index (χ0) is 21.1. The van der Waals surface area contributed by atoms with Gasteiger partial charge in [0.05, 0.1) is 24.2 Å². The van der Waals surface area contributed by atoms with Crippen molar-refractivity contribution in [3.8, 4) is 0 Å². The lowest BCUT2D eigenvalue weighted by Gasteiger charge is -2.45. The van der Waals surface area contributed by atoms with Gasteiger partial charge in [-0.1, -0.05) is 50.2 Å². The number of aromatic nitrogens is 2. The van der Waals surface area contributed by atoms with Crippen molar-refractivity contribution in [3.05, 3.63) is 65.5 Å². The van der Waals surface area contributed by atoms with Crippen LogP contribution in [-0.4, -0.2) is 41.1 Å². The molecule has 0 amide bonds. The van der Waals surface area contributed by atoms with E-state index in [0.717, 1.165) is 26.1 Å². The number of alkyl halides is 2. The van der Waals surface area contributed by atoms with Crippen LogP contribution in [0.3, 0.4) is 0 Å². The van der Waals surface area contributed by atoms with E-state index in [-0.39, 0.29) is 11.2 Å². The van der Waals surface area contributed by atoms with E-state index in [4.69, 9.17) is 4.74 Å². The fourth-order valence-electron chi connectivity index (χ4n) is 4.39. The van der Waals surface area contributed by atoms with Crippen LogP contribution in [0.2, 0.25) is 0 Å². The van der Waals surface area contributed by atoms with Crippen molar-refractivity contribution in [2.75, 3.05) is 26.2 Å². The molecule has 1 aromatic heterocycles. The van der Waals surface area contributed by atoms with Gasteiger partial charge in [0, 0.05) is 13.1 Å². The lowest BCUT2D eigenvalue weighted by molar-refractivity contribution is 0.0574. The van der Waals surface area contributed by atoms with E-state index in [9.17, 15) is 8.78 Å². The highest BCUT2D eigenvalue weighted by atomic mass is 19.3. The molecular formula is C24H29F2N3O. The van der Waals surface area contributed by atoms with Crippen LogP contribution in [0.15, 0.2) is 48.5 Å². The molecule has 1 saturated heterocycles. The van der Waals surface area contributed by atoms with Crippen LogP contribution < -0.4 is 0 Å². The van der Waals surface area contributed by atoms with E-state index in [1.165, 1.54) is 11.1 Å². The molecular weight excluding hydrogens is 384 g/mol. The number of likely N-dealkylation sites (tertiary alicyclic amines) is 1. The molecule has 0 aliphatic carbocycles. The second-order valence-corrected chi connectivity index (χ2v) is 8.56. The van der Waals surface area contributed by atoms with Gasteiger partial charge < -0.3 is 14.6 Å². The number of benzene rings is 2. The summed E-state index contributed by atoms with van der Waals surface area (Å²) in [5, 5.41) is 0. The Balaban J connectivity index is 1.35. The maximum atomic E-state index is 13.0. The van der Waals surface area contributed by atoms with Crippen molar-refractivity contribution in [1.29, 1.82) is 0 Å². The molecule has 0 radical (unpaired) electrons. The highest BCUT2D eigenvalue weighted by Crippen LogP contribution is 2.40. The SMILES string of the molecule is C[C@H]1CN(CCOCc2ccccc2)CC[C@]1(C)c1ccc2[nH]c(C(F)F)nc2c1. The van der Waals surface area contributed by atoms with Crippen molar-refractivity contribution in [2.24, 2.45) is 5.92 Å². The number of nitrogens with zero attached hydrogens (tertiary/aromatic N) is 2. The smallest absolute Gasteiger partial charge is 0.295 e. The standard InChI is InChI=1S/C24H29F2N3O/c1-17-15-29(12-13-30-16-18-6-4-3-5-7-18)11-10-24(17,2)19-8-9-20-21(14-19)28-23(27-20)22(25)26/h3-9,14,17,22H,10-13,15-16H2,1-2H3,(H,27,28)/t17-,24-/m0/s1. The molecule has 0 bridgehead atoms. The van der Waals surface area contributed by atoms with Gasteiger partial charge in [-0.15, -0.1) is 0 Å². The summed E-state index contributed by atoms with van der Waals surface area (Å²) in [5.74, 6) is 0.178. The number of halogens is 2. The van der Waals surface area contributed by atoms with Crippen molar-refractivity contribution in [3.63, 3.8) is 0 Å². The molecule has 4 rings (SSSR count). The predicted molar refractivity (Wildman–Crippen MR) is 115 cm³/mol. The summed E-state index contributed by atoms with van der Waals surface area (Å²) in [4.78, 5) is 9.25. The third-order valence-corrected chi connectivity index (χ3v) is 6.60. The maximum Gasteiger partial charge on any atom is 0.295 e. The maximum absolute atomic E-state index is 13.0. The van der Waals surface area contributed by atoms with Gasteiger partial charge in [0.1, 0.15) is 0 Å². The molecule has 2 atom stereocenters. The first-order valence-corrected chi connectivity index (χ1v) is 10.6. The summed E-state index contributed by atoms with van der Waals surface area (Å²) in [6.07, 6.45) is -1.56. The first kappa shape index (κ1) is 20.9. The molecule has 1 N–H and O–H groups in total. The lowest BCUT2D eigenvalue weighted by Crippen LogP contribution is -2.48. The summed E-state index contributed by atoms with van der Waals surface area (Å²) in [7, 11) is 0. The Kier molecular flexibility index (Phi) is 6.16. The Bertz CT molecular complexity index is 975. The van der Waals surface area contributed by atoms with Crippen molar-refractivity contribution < 1.29 is 13.5 Å². The number of H-pyrrole nitrogens is 1. The predicted octanol–water partition coefficient (Wildman–Crippen LogP) is 5.32. The fraction of sp³-hybridized carbons (Fsp3) is 0.458. The monoisotopic (exact) mass is 413 g/mol. The third-order valence-electron chi connectivity index (χ3n) is 6.60. The zero-order valence-electron chi connectivity index (χ0n) is 17.6. The first-order chi connectivity index (χ1) is 14.5. The van der Waals surface area contributed by atoms with E-state index in [1.807, 2.05) is 30.3 Å². The summed E-state index contributed by atoms with van der Waals surface area (Å²) >= 11 is 0. The minimum absolute atomic E-state index is 0.000466. The Morgan fingerprint density at radius 3 is 2.77 bits per heavy atom. The van der Waals surface area contributed by atoms with E-state index < -0.39 is 6.43 Å². The number of rotatable bonds is 7. The Labute approximate surface area is 176 Å². The minimum Gasteiger partial charge on any atom is -0.375 e. The van der Waals surface area contributed by atoms with Gasteiger partial charge in [0.25, 0.3) is 6.43 Å². The van der Waals surface area contributed by atoms with E-state index in [1.54, 1.807) is 0 Å². The van der Waals surface area contributed by atoms with Crippen LogP contribution in [0.4, 0.5) is 8.78 Å². The second kappa shape index (κ2) is 8.82. The molecule has 1 aliphatic rings. The average molecular weight is 414 g/mol. The quantitative estimate of drug-likeness (QED) is 0.533. The molecule has 0 saturated carbocycles. The molecule has 3 aromatic rings. The number of hydrogen-bond acceptors (Lipinski definition) is 3. The number of fused-ring (bicyclic) bond motifs is 1. The first-order valence-electron chi connectivity index (χ1n) is 10.6. The minimum atomic E-state index is -2.58. The Morgan fingerprint density at radius 2 is 2.03 bits per heavy atom. The second-order valence-electron chi connectivity index (χ2n) is 8.56. The molecule has 0 unspecified atom stereocenters. The summed E-state index contributed by atoms with van der Waals surface area (Å²) in [6, 6.07) is 16.1. The van der Waals surface area contributed by atoms with Crippen molar-refractivity contribution in [1.82, 2.24) is 14.9 Å². The number of nitrogens with one attached hydrogen (secondary N) is 1. The fourth-order valence-corrected chi connectivity index (χ4v) is 4.39. The van der Waals surface area contributed by atoms with Crippen LogP contribution in [0.25, 0.3) is 11.0 Å². The lowest BCUT2D eigenvalue weighted by atomic mass is 9.68. The zero-order valence-corrected chi connectivity index (χ0v) is 17.6. The molecule has 0 spiro atoms. The summed E-state index contributed by atoms with van der Waals surface area (Å²) < 4.78 is 31.8. The van der Waals surface area contributed by atoms with E-state index >= 15 is 0 Å². The van der Waals surface area contributed by atoms with Gasteiger partial charge in [0.2, 0.25) is 0 Å². The topological polar surface area (TPSA) is 41.1 Å². The average Bonchev–Trinajstić information content (AvgIpc) is 3.18.